The van der Waals surface area contributed by atoms with Gasteiger partial charge in [-0.25, -0.2) is 0 Å². The van der Waals surface area contributed by atoms with E-state index in [4.69, 9.17) is 0 Å². The van der Waals surface area contributed by atoms with Gasteiger partial charge in [-0.05, 0) is 32.0 Å². The van der Waals surface area contributed by atoms with Crippen molar-refractivity contribution in [3.8, 4) is 0 Å². The maximum Gasteiger partial charge on any atom is 0.0576 e. The first-order chi connectivity index (χ1) is 8.77. The Kier molecular flexibility index (Phi) is 7.66. The summed E-state index contributed by atoms with van der Waals surface area (Å²) in [5.74, 6) is 0. The highest BCUT2D eigenvalue weighted by molar-refractivity contribution is 5.13. The van der Waals surface area contributed by atoms with Gasteiger partial charge in [0.05, 0.1) is 5.69 Å². The third-order valence-corrected chi connectivity index (χ3v) is 3.31. The zero-order valence-corrected chi connectivity index (χ0v) is 12.2. The van der Waals surface area contributed by atoms with Gasteiger partial charge in [0.15, 0.2) is 0 Å². The Hall–Kier alpha value is -0.890. The third kappa shape index (κ3) is 5.63. The highest BCUT2D eigenvalue weighted by Crippen LogP contribution is 2.19. The second-order valence-corrected chi connectivity index (χ2v) is 5.02. The van der Waals surface area contributed by atoms with Crippen molar-refractivity contribution in [2.45, 2.75) is 65.3 Å². The fourth-order valence-corrected chi connectivity index (χ4v) is 2.31. The van der Waals surface area contributed by atoms with Gasteiger partial charge in [-0.15, -0.1) is 0 Å². The van der Waals surface area contributed by atoms with Crippen LogP contribution in [0.15, 0.2) is 18.2 Å². The van der Waals surface area contributed by atoms with Crippen LogP contribution in [0, 0.1) is 6.92 Å². The first kappa shape index (κ1) is 15.2. The molecule has 1 N–H and O–H groups in total. The van der Waals surface area contributed by atoms with Crippen molar-refractivity contribution in [1.29, 1.82) is 0 Å². The van der Waals surface area contributed by atoms with E-state index >= 15 is 0 Å². The number of nitrogens with one attached hydrogen (secondary N) is 1. The van der Waals surface area contributed by atoms with Crippen LogP contribution in [-0.2, 0) is 0 Å². The molecule has 0 fully saturated rings. The Morgan fingerprint density at radius 2 is 1.89 bits per heavy atom. The molecule has 18 heavy (non-hydrogen) atoms. The SMILES string of the molecule is CCCCCCCC(NCC)c1cccc(C)n1. The highest BCUT2D eigenvalue weighted by atomic mass is 14.9. The Balaban J connectivity index is 2.44. The van der Waals surface area contributed by atoms with Crippen LogP contribution in [0.5, 0.6) is 0 Å². The lowest BCUT2D eigenvalue weighted by Gasteiger charge is -2.17. The van der Waals surface area contributed by atoms with Crippen LogP contribution in [0.2, 0.25) is 0 Å². The second kappa shape index (κ2) is 9.09. The first-order valence-electron chi connectivity index (χ1n) is 7.44. The van der Waals surface area contributed by atoms with E-state index in [1.807, 2.05) is 0 Å². The predicted octanol–water partition coefficient (Wildman–Crippen LogP) is 4.40. The number of hydrogen-bond acceptors (Lipinski definition) is 2. The van der Waals surface area contributed by atoms with Crippen LogP contribution in [0.4, 0.5) is 0 Å². The van der Waals surface area contributed by atoms with E-state index in [1.165, 1.54) is 44.2 Å². The average Bonchev–Trinajstić information content (AvgIpc) is 2.37. The lowest BCUT2D eigenvalue weighted by molar-refractivity contribution is 0.469. The van der Waals surface area contributed by atoms with E-state index in [0.717, 1.165) is 12.2 Å². The number of hydrogen-bond donors (Lipinski definition) is 1. The quantitative estimate of drug-likeness (QED) is 0.655. The number of aryl methyl sites for hydroxylation is 1. The summed E-state index contributed by atoms with van der Waals surface area (Å²) >= 11 is 0. The Labute approximate surface area is 112 Å². The average molecular weight is 248 g/mol. The topological polar surface area (TPSA) is 24.9 Å². The van der Waals surface area contributed by atoms with Gasteiger partial charge in [0.2, 0.25) is 0 Å². The summed E-state index contributed by atoms with van der Waals surface area (Å²) in [4.78, 5) is 4.64. The molecule has 0 aliphatic rings. The maximum atomic E-state index is 4.64. The van der Waals surface area contributed by atoms with Gasteiger partial charge in [0, 0.05) is 11.7 Å². The molecule has 2 heteroatoms. The minimum atomic E-state index is 0.427. The van der Waals surface area contributed by atoms with E-state index in [0.29, 0.717) is 6.04 Å². The van der Waals surface area contributed by atoms with Crippen molar-refractivity contribution in [2.24, 2.45) is 0 Å². The largest absolute Gasteiger partial charge is 0.309 e. The van der Waals surface area contributed by atoms with Crippen molar-refractivity contribution in [2.75, 3.05) is 6.54 Å². The van der Waals surface area contributed by atoms with Crippen molar-refractivity contribution < 1.29 is 0 Å². The lowest BCUT2D eigenvalue weighted by atomic mass is 10.0. The van der Waals surface area contributed by atoms with Crippen molar-refractivity contribution in [3.63, 3.8) is 0 Å². The molecule has 1 unspecified atom stereocenters. The minimum Gasteiger partial charge on any atom is -0.309 e. The number of aromatic nitrogens is 1. The zero-order chi connectivity index (χ0) is 13.2. The van der Waals surface area contributed by atoms with Gasteiger partial charge in [-0.3, -0.25) is 4.98 Å². The normalized spacial score (nSPS) is 12.6. The molecule has 1 atom stereocenters. The van der Waals surface area contributed by atoms with Crippen LogP contribution >= 0.6 is 0 Å². The van der Waals surface area contributed by atoms with Crippen molar-refractivity contribution in [3.05, 3.63) is 29.6 Å². The van der Waals surface area contributed by atoms with Gasteiger partial charge in [-0.2, -0.15) is 0 Å². The van der Waals surface area contributed by atoms with E-state index in [-0.39, 0.29) is 0 Å². The van der Waals surface area contributed by atoms with Gasteiger partial charge in [-0.1, -0.05) is 52.0 Å². The molecule has 1 heterocycles. The molecule has 0 aliphatic heterocycles. The molecule has 0 aliphatic carbocycles. The summed E-state index contributed by atoms with van der Waals surface area (Å²) in [6.07, 6.45) is 7.91. The first-order valence-corrected chi connectivity index (χ1v) is 7.44. The Morgan fingerprint density at radius 3 is 2.56 bits per heavy atom. The highest BCUT2D eigenvalue weighted by Gasteiger charge is 2.11. The summed E-state index contributed by atoms with van der Waals surface area (Å²) in [5.41, 5.74) is 2.31. The zero-order valence-electron chi connectivity index (χ0n) is 12.2. The Morgan fingerprint density at radius 1 is 1.11 bits per heavy atom. The fraction of sp³-hybridized carbons (Fsp3) is 0.688. The van der Waals surface area contributed by atoms with Crippen LogP contribution in [0.1, 0.15) is 69.8 Å². The summed E-state index contributed by atoms with van der Waals surface area (Å²) in [6.45, 7) is 7.50. The smallest absolute Gasteiger partial charge is 0.0576 e. The van der Waals surface area contributed by atoms with Crippen molar-refractivity contribution >= 4 is 0 Å². The molecule has 0 amide bonds. The van der Waals surface area contributed by atoms with E-state index in [2.05, 4.69) is 49.3 Å². The molecule has 0 saturated heterocycles. The molecule has 1 aromatic heterocycles. The van der Waals surface area contributed by atoms with Gasteiger partial charge in [0.1, 0.15) is 0 Å². The molecule has 2 nitrogen and oxygen atoms in total. The fourth-order valence-electron chi connectivity index (χ4n) is 2.31. The predicted molar refractivity (Wildman–Crippen MR) is 78.8 cm³/mol. The van der Waals surface area contributed by atoms with E-state index < -0.39 is 0 Å². The van der Waals surface area contributed by atoms with E-state index in [9.17, 15) is 0 Å². The summed E-state index contributed by atoms with van der Waals surface area (Å²) in [7, 11) is 0. The van der Waals surface area contributed by atoms with Gasteiger partial charge in [0.25, 0.3) is 0 Å². The van der Waals surface area contributed by atoms with Crippen LogP contribution in [0.3, 0.4) is 0 Å². The maximum absolute atomic E-state index is 4.64. The molecular weight excluding hydrogens is 220 g/mol. The second-order valence-electron chi connectivity index (χ2n) is 5.02. The molecule has 1 rings (SSSR count). The number of rotatable bonds is 9. The third-order valence-electron chi connectivity index (χ3n) is 3.31. The monoisotopic (exact) mass is 248 g/mol. The molecular formula is C16H28N2. The summed E-state index contributed by atoms with van der Waals surface area (Å²) < 4.78 is 0. The standard InChI is InChI=1S/C16H28N2/c1-4-6-7-8-9-12-15(17-5-2)16-13-10-11-14(3)18-16/h10-11,13,15,17H,4-9,12H2,1-3H3. The Bertz CT molecular complexity index is 323. The number of unbranched alkanes of at least 4 members (excludes halogenated alkanes) is 4. The lowest BCUT2D eigenvalue weighted by Crippen LogP contribution is -2.22. The summed E-state index contributed by atoms with van der Waals surface area (Å²) in [6, 6.07) is 6.75. The minimum absolute atomic E-state index is 0.427. The number of nitrogens with zero attached hydrogens (tertiary/aromatic N) is 1. The molecule has 0 aromatic carbocycles. The van der Waals surface area contributed by atoms with Crippen LogP contribution in [0.25, 0.3) is 0 Å². The molecule has 0 saturated carbocycles. The van der Waals surface area contributed by atoms with Crippen LogP contribution < -0.4 is 5.32 Å². The van der Waals surface area contributed by atoms with Gasteiger partial charge >= 0.3 is 0 Å². The van der Waals surface area contributed by atoms with E-state index in [1.54, 1.807) is 0 Å². The molecule has 102 valence electrons. The molecule has 0 radical (unpaired) electrons. The van der Waals surface area contributed by atoms with Gasteiger partial charge < -0.3 is 5.32 Å². The summed E-state index contributed by atoms with van der Waals surface area (Å²) in [5, 5.41) is 3.55. The van der Waals surface area contributed by atoms with Crippen LogP contribution in [-0.4, -0.2) is 11.5 Å². The number of pyridine rings is 1. The molecule has 0 spiro atoms. The molecule has 0 bridgehead atoms. The molecule has 1 aromatic rings. The van der Waals surface area contributed by atoms with Crippen molar-refractivity contribution in [1.82, 2.24) is 10.3 Å².